The normalized spacial score (nSPS) is 19.3. The van der Waals surface area contributed by atoms with Crippen LogP contribution in [0.15, 0.2) is 54.6 Å². The second-order valence-corrected chi connectivity index (χ2v) is 12.3. The van der Waals surface area contributed by atoms with Gasteiger partial charge in [0.15, 0.2) is 0 Å². The van der Waals surface area contributed by atoms with Gasteiger partial charge in [-0.1, -0.05) is 36.4 Å². The molecule has 0 radical (unpaired) electrons. The molecule has 2 aliphatic heterocycles. The van der Waals surface area contributed by atoms with E-state index in [9.17, 15) is 0 Å². The summed E-state index contributed by atoms with van der Waals surface area (Å²) in [7, 11) is 3.55. The average Bonchev–Trinajstić information content (AvgIpc) is 2.98. The summed E-state index contributed by atoms with van der Waals surface area (Å²) >= 11 is 0. The van der Waals surface area contributed by atoms with Crippen LogP contribution in [0.2, 0.25) is 0 Å². The van der Waals surface area contributed by atoms with Gasteiger partial charge in [0.25, 0.3) is 0 Å². The number of ether oxygens (including phenoxy) is 4. The maximum atomic E-state index is 6.51. The second kappa shape index (κ2) is 11.1. The SMILES string of the molecule is COc1cc(C)c(C2COc3cc(C)ccc3C2)cc1C1c2ccc(C)cc2OCC1c1cc(C)c(OC)c(C)c1C. The molecule has 3 atom stereocenters. The van der Waals surface area contributed by atoms with Crippen LogP contribution in [0, 0.1) is 41.5 Å². The van der Waals surface area contributed by atoms with E-state index in [2.05, 4.69) is 96.1 Å². The lowest BCUT2D eigenvalue weighted by Crippen LogP contribution is -2.27. The Morgan fingerprint density at radius 3 is 2.07 bits per heavy atom. The molecule has 0 aliphatic carbocycles. The molecule has 0 aromatic heterocycles. The molecule has 2 heterocycles. The monoisotopic (exact) mass is 562 g/mol. The number of rotatable bonds is 5. The molecule has 0 saturated heterocycles. The maximum absolute atomic E-state index is 6.51. The Labute approximate surface area is 250 Å². The minimum absolute atomic E-state index is 0.0639. The van der Waals surface area contributed by atoms with Crippen molar-refractivity contribution in [3.05, 3.63) is 116 Å². The summed E-state index contributed by atoms with van der Waals surface area (Å²) in [6.45, 7) is 14.2. The first-order chi connectivity index (χ1) is 20.2. The zero-order chi connectivity index (χ0) is 29.7. The van der Waals surface area contributed by atoms with Crippen molar-refractivity contribution in [2.45, 2.75) is 65.7 Å². The molecule has 4 aromatic rings. The van der Waals surface area contributed by atoms with Gasteiger partial charge >= 0.3 is 0 Å². The summed E-state index contributed by atoms with van der Waals surface area (Å²) < 4.78 is 24.8. The van der Waals surface area contributed by atoms with Crippen LogP contribution in [-0.4, -0.2) is 27.4 Å². The highest BCUT2D eigenvalue weighted by Gasteiger charge is 2.37. The van der Waals surface area contributed by atoms with Crippen molar-refractivity contribution in [2.75, 3.05) is 27.4 Å². The van der Waals surface area contributed by atoms with Crippen molar-refractivity contribution in [3.8, 4) is 23.0 Å². The Balaban J connectivity index is 1.52. The van der Waals surface area contributed by atoms with Gasteiger partial charge in [0.2, 0.25) is 0 Å². The Hall–Kier alpha value is -3.92. The van der Waals surface area contributed by atoms with Crippen molar-refractivity contribution in [3.63, 3.8) is 0 Å². The predicted octanol–water partition coefficient (Wildman–Crippen LogP) is 8.58. The minimum atomic E-state index is 0.0639. The molecule has 218 valence electrons. The zero-order valence-corrected chi connectivity index (χ0v) is 26.2. The maximum Gasteiger partial charge on any atom is 0.124 e. The van der Waals surface area contributed by atoms with Crippen LogP contribution >= 0.6 is 0 Å². The van der Waals surface area contributed by atoms with Gasteiger partial charge in [0.05, 0.1) is 27.4 Å². The highest BCUT2D eigenvalue weighted by Crippen LogP contribution is 2.51. The fourth-order valence-electron chi connectivity index (χ4n) is 7.21. The molecule has 0 saturated carbocycles. The van der Waals surface area contributed by atoms with E-state index < -0.39 is 0 Å². The predicted molar refractivity (Wildman–Crippen MR) is 169 cm³/mol. The Bertz CT molecular complexity index is 1670. The summed E-state index contributed by atoms with van der Waals surface area (Å²) in [5, 5.41) is 0. The lowest BCUT2D eigenvalue weighted by atomic mass is 9.72. The van der Waals surface area contributed by atoms with Gasteiger partial charge in [-0.15, -0.1) is 0 Å². The lowest BCUT2D eigenvalue weighted by molar-refractivity contribution is 0.246. The molecule has 0 bridgehead atoms. The fourth-order valence-corrected chi connectivity index (χ4v) is 7.21. The molecule has 0 fully saturated rings. The standard InChI is InChI=1S/C38H42O4/c1-21-9-11-27-17-28(19-41-34(27)13-21)30-18-32(35(39-7)16-23(30)3)37-29-12-10-22(2)14-36(29)42-20-33(37)31-15-24(4)38(40-8)26(6)25(31)5/h9-16,18,28,33,37H,17,19-20H2,1-8H3. The topological polar surface area (TPSA) is 36.9 Å². The van der Waals surface area contributed by atoms with Crippen LogP contribution in [0.1, 0.15) is 79.0 Å². The van der Waals surface area contributed by atoms with Crippen LogP contribution in [0.3, 0.4) is 0 Å². The van der Waals surface area contributed by atoms with E-state index >= 15 is 0 Å². The van der Waals surface area contributed by atoms with Gasteiger partial charge in [-0.25, -0.2) is 0 Å². The van der Waals surface area contributed by atoms with E-state index in [1.54, 1.807) is 14.2 Å². The van der Waals surface area contributed by atoms with Gasteiger partial charge in [-0.2, -0.15) is 0 Å². The quantitative estimate of drug-likeness (QED) is 0.244. The summed E-state index contributed by atoms with van der Waals surface area (Å²) in [5.41, 5.74) is 13.6. The van der Waals surface area contributed by atoms with E-state index in [0.29, 0.717) is 13.2 Å². The molecule has 42 heavy (non-hydrogen) atoms. The molecule has 0 amide bonds. The highest BCUT2D eigenvalue weighted by molar-refractivity contribution is 5.58. The molecule has 0 N–H and O–H groups in total. The molecule has 6 rings (SSSR count). The Kier molecular flexibility index (Phi) is 7.43. The molecule has 3 unspecified atom stereocenters. The molecular formula is C38H42O4. The summed E-state index contributed by atoms with van der Waals surface area (Å²) in [4.78, 5) is 0. The highest BCUT2D eigenvalue weighted by atomic mass is 16.5. The zero-order valence-electron chi connectivity index (χ0n) is 26.2. The van der Waals surface area contributed by atoms with Gasteiger partial charge < -0.3 is 18.9 Å². The first-order valence-electron chi connectivity index (χ1n) is 15.0. The summed E-state index contributed by atoms with van der Waals surface area (Å²) in [6, 6.07) is 20.1. The van der Waals surface area contributed by atoms with Crippen LogP contribution in [0.25, 0.3) is 0 Å². The van der Waals surface area contributed by atoms with Gasteiger partial charge in [-0.3, -0.25) is 0 Å². The number of hydrogen-bond acceptors (Lipinski definition) is 4. The Morgan fingerprint density at radius 2 is 1.33 bits per heavy atom. The smallest absolute Gasteiger partial charge is 0.124 e. The van der Waals surface area contributed by atoms with Crippen molar-refractivity contribution in [2.24, 2.45) is 0 Å². The van der Waals surface area contributed by atoms with Crippen molar-refractivity contribution in [1.29, 1.82) is 0 Å². The fraction of sp³-hybridized carbons (Fsp3) is 0.368. The third-order valence-corrected chi connectivity index (χ3v) is 9.52. The molecule has 2 aliphatic rings. The number of aryl methyl sites for hydroxylation is 4. The summed E-state index contributed by atoms with van der Waals surface area (Å²) in [6.07, 6.45) is 0.963. The number of hydrogen-bond donors (Lipinski definition) is 0. The largest absolute Gasteiger partial charge is 0.496 e. The van der Waals surface area contributed by atoms with Gasteiger partial charge in [-0.05, 0) is 116 Å². The van der Waals surface area contributed by atoms with Gasteiger partial charge in [0, 0.05) is 28.9 Å². The molecule has 4 heteroatoms. The average molecular weight is 563 g/mol. The molecular weight excluding hydrogens is 520 g/mol. The van der Waals surface area contributed by atoms with Crippen molar-refractivity contribution in [1.82, 2.24) is 0 Å². The third kappa shape index (κ3) is 4.81. The number of benzene rings is 4. The second-order valence-electron chi connectivity index (χ2n) is 12.3. The summed E-state index contributed by atoms with van der Waals surface area (Å²) in [5.74, 6) is 4.31. The van der Waals surface area contributed by atoms with E-state index in [4.69, 9.17) is 18.9 Å². The van der Waals surface area contributed by atoms with Crippen molar-refractivity contribution < 1.29 is 18.9 Å². The lowest BCUT2D eigenvalue weighted by Gasteiger charge is -2.37. The van der Waals surface area contributed by atoms with Crippen molar-refractivity contribution >= 4 is 0 Å². The third-order valence-electron chi connectivity index (χ3n) is 9.52. The van der Waals surface area contributed by atoms with Gasteiger partial charge in [0.1, 0.15) is 23.0 Å². The number of fused-ring (bicyclic) bond motifs is 2. The first kappa shape index (κ1) is 28.2. The molecule has 0 spiro atoms. The molecule has 4 nitrogen and oxygen atoms in total. The van der Waals surface area contributed by atoms with E-state index in [0.717, 1.165) is 35.0 Å². The van der Waals surface area contributed by atoms with Crippen LogP contribution in [0.5, 0.6) is 23.0 Å². The van der Waals surface area contributed by atoms with Crippen LogP contribution in [0.4, 0.5) is 0 Å². The van der Waals surface area contributed by atoms with Crippen LogP contribution < -0.4 is 18.9 Å². The van der Waals surface area contributed by atoms with E-state index in [1.807, 2.05) is 0 Å². The molecule has 4 aromatic carbocycles. The van der Waals surface area contributed by atoms with E-state index in [1.165, 1.54) is 55.6 Å². The Morgan fingerprint density at radius 1 is 0.619 bits per heavy atom. The first-order valence-corrected chi connectivity index (χ1v) is 15.0. The van der Waals surface area contributed by atoms with E-state index in [-0.39, 0.29) is 17.8 Å². The minimum Gasteiger partial charge on any atom is -0.496 e. The number of methoxy groups -OCH3 is 2. The van der Waals surface area contributed by atoms with Crippen LogP contribution in [-0.2, 0) is 6.42 Å².